The summed E-state index contributed by atoms with van der Waals surface area (Å²) in [5, 5.41) is 10.4. The maximum Gasteiger partial charge on any atom is 0.344 e. The predicted molar refractivity (Wildman–Crippen MR) is 110 cm³/mol. The van der Waals surface area contributed by atoms with Gasteiger partial charge in [0, 0.05) is 5.39 Å². The Morgan fingerprint density at radius 1 is 1.18 bits per heavy atom. The Hall–Kier alpha value is -2.89. The number of hydrogen-bond acceptors (Lipinski definition) is 5. The molecule has 1 N–H and O–H groups in total. The first-order valence-electron chi connectivity index (χ1n) is 9.14. The molecule has 0 aliphatic carbocycles. The number of fused-ring (bicyclic) bond motifs is 1. The normalized spacial score (nSPS) is 12.1. The van der Waals surface area contributed by atoms with E-state index in [0.717, 1.165) is 35.1 Å². The van der Waals surface area contributed by atoms with Gasteiger partial charge in [0.15, 0.2) is 6.29 Å². The molecule has 1 atom stereocenters. The van der Waals surface area contributed by atoms with E-state index >= 15 is 0 Å². The maximum absolute atomic E-state index is 12.4. The molecule has 0 aliphatic rings. The van der Waals surface area contributed by atoms with Crippen molar-refractivity contribution in [1.82, 2.24) is 0 Å². The standard InChI is InChI=1S/C23H24O5/c1-15(2)22(24)27-12-4-5-16-6-7-18-14-20(23(25)28-21(18)13-16)17-8-10-19(26-3)11-9-17/h6-11,13-14,22,24H,1,4-5,12H2,2-3H3. The van der Waals surface area contributed by atoms with Crippen LogP contribution >= 0.6 is 0 Å². The van der Waals surface area contributed by atoms with Crippen molar-refractivity contribution in [2.24, 2.45) is 0 Å². The lowest BCUT2D eigenvalue weighted by Gasteiger charge is -2.11. The lowest BCUT2D eigenvalue weighted by molar-refractivity contribution is -0.0723. The molecule has 1 heterocycles. The third kappa shape index (κ3) is 4.68. The molecule has 5 nitrogen and oxygen atoms in total. The van der Waals surface area contributed by atoms with E-state index in [9.17, 15) is 9.90 Å². The van der Waals surface area contributed by atoms with Crippen LogP contribution in [0.15, 0.2) is 69.9 Å². The number of aliphatic hydroxyl groups is 1. The minimum absolute atomic E-state index is 0.372. The number of rotatable bonds is 8. The summed E-state index contributed by atoms with van der Waals surface area (Å²) in [6.45, 7) is 5.79. The Morgan fingerprint density at radius 3 is 2.61 bits per heavy atom. The van der Waals surface area contributed by atoms with E-state index in [0.29, 0.717) is 23.3 Å². The van der Waals surface area contributed by atoms with Crippen molar-refractivity contribution >= 4 is 11.0 Å². The molecule has 3 aromatic rings. The van der Waals surface area contributed by atoms with Gasteiger partial charge in [0.2, 0.25) is 0 Å². The molecule has 146 valence electrons. The van der Waals surface area contributed by atoms with Crippen LogP contribution in [-0.4, -0.2) is 25.1 Å². The average molecular weight is 380 g/mol. The molecule has 3 rings (SSSR count). The predicted octanol–water partition coefficient (Wildman–Crippen LogP) is 4.31. The highest BCUT2D eigenvalue weighted by atomic mass is 16.6. The van der Waals surface area contributed by atoms with Crippen molar-refractivity contribution in [2.75, 3.05) is 13.7 Å². The summed E-state index contributed by atoms with van der Waals surface area (Å²) in [6.07, 6.45) is 0.568. The fraction of sp³-hybridized carbons (Fsp3) is 0.261. The summed E-state index contributed by atoms with van der Waals surface area (Å²) in [7, 11) is 1.60. The Morgan fingerprint density at radius 2 is 1.93 bits per heavy atom. The molecule has 5 heteroatoms. The summed E-state index contributed by atoms with van der Waals surface area (Å²) < 4.78 is 16.0. The van der Waals surface area contributed by atoms with Crippen molar-refractivity contribution in [3.8, 4) is 16.9 Å². The highest BCUT2D eigenvalue weighted by Crippen LogP contribution is 2.24. The van der Waals surface area contributed by atoms with Crippen LogP contribution in [0.4, 0.5) is 0 Å². The van der Waals surface area contributed by atoms with Crippen molar-refractivity contribution in [1.29, 1.82) is 0 Å². The molecule has 0 spiro atoms. The smallest absolute Gasteiger partial charge is 0.344 e. The first-order chi connectivity index (χ1) is 13.5. The van der Waals surface area contributed by atoms with Gasteiger partial charge in [0.05, 0.1) is 19.3 Å². The van der Waals surface area contributed by atoms with Gasteiger partial charge in [-0.05, 0) is 60.7 Å². The van der Waals surface area contributed by atoms with Gasteiger partial charge >= 0.3 is 5.63 Å². The molecule has 2 aromatic carbocycles. The van der Waals surface area contributed by atoms with Crippen LogP contribution in [0.1, 0.15) is 18.9 Å². The van der Waals surface area contributed by atoms with Crippen LogP contribution in [0.25, 0.3) is 22.1 Å². The van der Waals surface area contributed by atoms with Crippen LogP contribution in [-0.2, 0) is 11.2 Å². The lowest BCUT2D eigenvalue weighted by atomic mass is 10.0. The third-order valence-electron chi connectivity index (χ3n) is 4.51. The second-order valence-electron chi connectivity index (χ2n) is 6.72. The Bertz CT molecular complexity index is 1020. The van der Waals surface area contributed by atoms with Gasteiger partial charge < -0.3 is 19.0 Å². The fourth-order valence-corrected chi connectivity index (χ4v) is 2.90. The number of aliphatic hydroxyl groups excluding tert-OH is 1. The number of ether oxygens (including phenoxy) is 2. The fourth-order valence-electron chi connectivity index (χ4n) is 2.90. The molecule has 1 unspecified atom stereocenters. The van der Waals surface area contributed by atoms with E-state index in [4.69, 9.17) is 13.9 Å². The second kappa shape index (κ2) is 8.87. The van der Waals surface area contributed by atoms with Crippen molar-refractivity contribution in [3.63, 3.8) is 0 Å². The van der Waals surface area contributed by atoms with Gasteiger partial charge in [-0.3, -0.25) is 0 Å². The van der Waals surface area contributed by atoms with E-state index in [2.05, 4.69) is 6.58 Å². The topological polar surface area (TPSA) is 68.9 Å². The SMILES string of the molecule is C=C(C)C(O)OCCCc1ccc2cc(-c3ccc(OC)cc3)c(=O)oc2c1. The van der Waals surface area contributed by atoms with E-state index < -0.39 is 6.29 Å². The summed E-state index contributed by atoms with van der Waals surface area (Å²) >= 11 is 0. The zero-order chi connectivity index (χ0) is 20.1. The maximum atomic E-state index is 12.4. The van der Waals surface area contributed by atoms with Gasteiger partial charge in [-0.15, -0.1) is 0 Å². The zero-order valence-electron chi connectivity index (χ0n) is 16.1. The molecule has 0 bridgehead atoms. The second-order valence-corrected chi connectivity index (χ2v) is 6.72. The van der Waals surface area contributed by atoms with Gasteiger partial charge in [-0.2, -0.15) is 0 Å². The van der Waals surface area contributed by atoms with Crippen molar-refractivity contribution in [2.45, 2.75) is 26.1 Å². The van der Waals surface area contributed by atoms with Crippen LogP contribution < -0.4 is 10.4 Å². The zero-order valence-corrected chi connectivity index (χ0v) is 16.1. The molecular weight excluding hydrogens is 356 g/mol. The van der Waals surface area contributed by atoms with E-state index in [1.54, 1.807) is 14.0 Å². The first-order valence-corrected chi connectivity index (χ1v) is 9.14. The third-order valence-corrected chi connectivity index (χ3v) is 4.51. The van der Waals surface area contributed by atoms with Gasteiger partial charge in [0.1, 0.15) is 11.3 Å². The van der Waals surface area contributed by atoms with E-state index in [-0.39, 0.29) is 5.63 Å². The number of methoxy groups -OCH3 is 1. The monoisotopic (exact) mass is 380 g/mol. The minimum Gasteiger partial charge on any atom is -0.497 e. The Kier molecular flexibility index (Phi) is 6.29. The Balaban J connectivity index is 1.74. The first kappa shape index (κ1) is 19.9. The molecule has 0 fully saturated rings. The molecule has 1 aromatic heterocycles. The van der Waals surface area contributed by atoms with Crippen molar-refractivity contribution < 1.29 is 19.0 Å². The summed E-state index contributed by atoms with van der Waals surface area (Å²) in [6, 6.07) is 15.0. The van der Waals surface area contributed by atoms with Crippen LogP contribution in [0.2, 0.25) is 0 Å². The summed E-state index contributed by atoms with van der Waals surface area (Å²) in [4.78, 5) is 12.4. The van der Waals surface area contributed by atoms with Gasteiger partial charge in [0.25, 0.3) is 0 Å². The molecule has 0 saturated heterocycles. The van der Waals surface area contributed by atoms with E-state index in [1.165, 1.54) is 0 Å². The van der Waals surface area contributed by atoms with Crippen LogP contribution in [0, 0.1) is 0 Å². The lowest BCUT2D eigenvalue weighted by Crippen LogP contribution is -2.13. The summed E-state index contributed by atoms with van der Waals surface area (Å²) in [5.41, 5.74) is 3.12. The van der Waals surface area contributed by atoms with Crippen LogP contribution in [0.5, 0.6) is 5.75 Å². The molecule has 28 heavy (non-hydrogen) atoms. The van der Waals surface area contributed by atoms with E-state index in [1.807, 2.05) is 48.5 Å². The quantitative estimate of drug-likeness (QED) is 0.273. The number of hydrogen-bond donors (Lipinski definition) is 1. The minimum atomic E-state index is -0.925. The van der Waals surface area contributed by atoms with Gasteiger partial charge in [-0.1, -0.05) is 30.8 Å². The summed E-state index contributed by atoms with van der Waals surface area (Å²) in [5.74, 6) is 0.735. The van der Waals surface area contributed by atoms with Crippen molar-refractivity contribution in [3.05, 3.63) is 76.7 Å². The van der Waals surface area contributed by atoms with Crippen LogP contribution in [0.3, 0.4) is 0 Å². The number of aryl methyl sites for hydroxylation is 1. The number of benzene rings is 2. The molecular formula is C23H24O5. The molecule has 0 amide bonds. The largest absolute Gasteiger partial charge is 0.497 e. The van der Waals surface area contributed by atoms with Gasteiger partial charge in [-0.25, -0.2) is 4.79 Å². The highest BCUT2D eigenvalue weighted by Gasteiger charge is 2.09. The average Bonchev–Trinajstić information content (AvgIpc) is 2.70. The Labute approximate surface area is 163 Å². The molecule has 0 aliphatic heterocycles. The molecule has 0 radical (unpaired) electrons. The highest BCUT2D eigenvalue weighted by molar-refractivity contribution is 5.82. The molecule has 0 saturated carbocycles.